The van der Waals surface area contributed by atoms with Crippen LogP contribution in [0.4, 0.5) is 0 Å². The third-order valence-electron chi connectivity index (χ3n) is 5.37. The Hall–Kier alpha value is -1.90. The van der Waals surface area contributed by atoms with Crippen molar-refractivity contribution in [1.29, 1.82) is 0 Å². The van der Waals surface area contributed by atoms with Gasteiger partial charge in [-0.05, 0) is 23.3 Å². The van der Waals surface area contributed by atoms with E-state index in [-0.39, 0.29) is 17.0 Å². The zero-order chi connectivity index (χ0) is 21.3. The topological polar surface area (TPSA) is 67.2 Å². The Morgan fingerprint density at radius 3 is 2.57 bits per heavy atom. The van der Waals surface area contributed by atoms with Gasteiger partial charge in [-0.1, -0.05) is 59.6 Å². The lowest BCUT2D eigenvalue weighted by molar-refractivity contribution is 0.454. The number of nitrogens with one attached hydrogen (secondary N) is 1. The first-order valence-corrected chi connectivity index (χ1v) is 11.7. The van der Waals surface area contributed by atoms with Crippen molar-refractivity contribution in [3.63, 3.8) is 0 Å². The Labute approximate surface area is 186 Å². The number of halogens is 2. The highest BCUT2D eigenvalue weighted by molar-refractivity contribution is 7.89. The molecule has 9 heteroatoms. The number of rotatable bonds is 6. The summed E-state index contributed by atoms with van der Waals surface area (Å²) in [5, 5.41) is 4.74. The van der Waals surface area contributed by atoms with E-state index in [1.165, 1.54) is 16.8 Å². The van der Waals surface area contributed by atoms with Crippen LogP contribution in [0.25, 0.3) is 0 Å². The minimum atomic E-state index is -3.67. The van der Waals surface area contributed by atoms with E-state index in [2.05, 4.69) is 10.3 Å². The maximum Gasteiger partial charge on any atom is 0.262 e. The van der Waals surface area contributed by atoms with Crippen LogP contribution >= 0.6 is 23.2 Å². The average molecular weight is 465 g/mol. The lowest BCUT2D eigenvalue weighted by Gasteiger charge is -2.20. The monoisotopic (exact) mass is 464 g/mol. The number of benzene rings is 2. The summed E-state index contributed by atoms with van der Waals surface area (Å²) in [6, 6.07) is 15.3. The normalized spacial score (nSPS) is 20.0. The molecular formula is C21H22Cl2N4O2S. The molecule has 1 aliphatic heterocycles. The molecule has 1 fully saturated rings. The van der Waals surface area contributed by atoms with E-state index in [4.69, 9.17) is 23.2 Å². The fourth-order valence-electron chi connectivity index (χ4n) is 3.77. The maximum absolute atomic E-state index is 13.1. The number of aryl methyl sites for hydroxylation is 1. The summed E-state index contributed by atoms with van der Waals surface area (Å²) in [5.74, 6) is 0.00997. The fraction of sp³-hybridized carbons (Fsp3) is 0.286. The predicted molar refractivity (Wildman–Crippen MR) is 118 cm³/mol. The zero-order valence-corrected chi connectivity index (χ0v) is 18.7. The van der Waals surface area contributed by atoms with Crippen molar-refractivity contribution >= 4 is 33.2 Å². The minimum absolute atomic E-state index is 0.00997. The predicted octanol–water partition coefficient (Wildman–Crippen LogP) is 3.67. The van der Waals surface area contributed by atoms with Crippen molar-refractivity contribution in [2.24, 2.45) is 7.05 Å². The summed E-state index contributed by atoms with van der Waals surface area (Å²) in [4.78, 5) is 4.05. The van der Waals surface area contributed by atoms with Gasteiger partial charge in [-0.2, -0.15) is 4.31 Å². The van der Waals surface area contributed by atoms with Crippen LogP contribution in [0.15, 0.2) is 66.1 Å². The van der Waals surface area contributed by atoms with Crippen LogP contribution in [0.3, 0.4) is 0 Å². The SMILES string of the molecule is Cn1cnc(S(=O)(=O)N2C[C@@H](NCc3ccc(Cl)cc3Cl)[C@H](c3ccccc3)C2)c1. The largest absolute Gasteiger partial charge is 0.339 e. The van der Waals surface area contributed by atoms with Gasteiger partial charge in [-0.25, -0.2) is 13.4 Å². The minimum Gasteiger partial charge on any atom is -0.339 e. The van der Waals surface area contributed by atoms with E-state index in [1.54, 1.807) is 23.7 Å². The molecule has 0 spiro atoms. The molecule has 1 saturated heterocycles. The molecule has 0 unspecified atom stereocenters. The Morgan fingerprint density at radius 1 is 1.13 bits per heavy atom. The van der Waals surface area contributed by atoms with E-state index in [9.17, 15) is 8.42 Å². The van der Waals surface area contributed by atoms with Gasteiger partial charge in [0, 0.05) is 54.9 Å². The highest BCUT2D eigenvalue weighted by Gasteiger charge is 2.40. The van der Waals surface area contributed by atoms with Crippen molar-refractivity contribution in [2.45, 2.75) is 23.5 Å². The Balaban J connectivity index is 1.58. The second-order valence-corrected chi connectivity index (χ2v) is 10.2. The lowest BCUT2D eigenvalue weighted by Crippen LogP contribution is -2.36. The molecule has 2 atom stereocenters. The fourth-order valence-corrected chi connectivity index (χ4v) is 5.70. The second kappa shape index (κ2) is 8.69. The summed E-state index contributed by atoms with van der Waals surface area (Å²) in [5.41, 5.74) is 2.01. The van der Waals surface area contributed by atoms with Crippen LogP contribution in [0, 0.1) is 0 Å². The first-order chi connectivity index (χ1) is 14.3. The molecule has 158 valence electrons. The quantitative estimate of drug-likeness (QED) is 0.603. The van der Waals surface area contributed by atoms with Gasteiger partial charge in [0.15, 0.2) is 5.03 Å². The summed E-state index contributed by atoms with van der Waals surface area (Å²) in [6.07, 6.45) is 3.02. The molecule has 1 N–H and O–H groups in total. The van der Waals surface area contributed by atoms with Gasteiger partial charge in [-0.3, -0.25) is 0 Å². The van der Waals surface area contributed by atoms with Crippen molar-refractivity contribution in [3.05, 3.63) is 82.2 Å². The standard InChI is InChI=1S/C21H22Cl2N4O2S/c1-26-13-21(25-14-26)30(28,29)27-11-18(15-5-3-2-4-6-15)20(12-27)24-10-16-7-8-17(22)9-19(16)23/h2-9,13-14,18,20,24H,10-12H2,1H3/t18-,20+/m0/s1. The summed E-state index contributed by atoms with van der Waals surface area (Å²) in [6.45, 7) is 1.25. The molecule has 3 aromatic rings. The van der Waals surface area contributed by atoms with Gasteiger partial charge < -0.3 is 9.88 Å². The highest BCUT2D eigenvalue weighted by Crippen LogP contribution is 2.32. The summed E-state index contributed by atoms with van der Waals surface area (Å²) >= 11 is 12.3. The van der Waals surface area contributed by atoms with Crippen LogP contribution in [-0.2, 0) is 23.6 Å². The first-order valence-electron chi connectivity index (χ1n) is 9.55. The van der Waals surface area contributed by atoms with Gasteiger partial charge in [-0.15, -0.1) is 0 Å². The number of hydrogen-bond donors (Lipinski definition) is 1. The number of aromatic nitrogens is 2. The van der Waals surface area contributed by atoms with Crippen LogP contribution in [0.5, 0.6) is 0 Å². The molecular weight excluding hydrogens is 443 g/mol. The molecule has 6 nitrogen and oxygen atoms in total. The Morgan fingerprint density at radius 2 is 1.90 bits per heavy atom. The average Bonchev–Trinajstić information content (AvgIpc) is 3.35. The zero-order valence-electron chi connectivity index (χ0n) is 16.4. The van der Waals surface area contributed by atoms with Crippen LogP contribution < -0.4 is 5.32 Å². The van der Waals surface area contributed by atoms with Crippen molar-refractivity contribution in [1.82, 2.24) is 19.2 Å². The highest BCUT2D eigenvalue weighted by atomic mass is 35.5. The first kappa shape index (κ1) is 21.3. The number of imidazole rings is 1. The molecule has 0 bridgehead atoms. The van der Waals surface area contributed by atoms with Gasteiger partial charge in [0.2, 0.25) is 0 Å². The van der Waals surface area contributed by atoms with Gasteiger partial charge in [0.25, 0.3) is 10.0 Å². The van der Waals surface area contributed by atoms with E-state index in [0.717, 1.165) is 11.1 Å². The van der Waals surface area contributed by atoms with Crippen LogP contribution in [0.2, 0.25) is 10.0 Å². The maximum atomic E-state index is 13.1. The van der Waals surface area contributed by atoms with Crippen LogP contribution in [-0.4, -0.2) is 41.4 Å². The molecule has 0 radical (unpaired) electrons. The summed E-state index contributed by atoms with van der Waals surface area (Å²) < 4.78 is 29.4. The van der Waals surface area contributed by atoms with Gasteiger partial charge >= 0.3 is 0 Å². The third kappa shape index (κ3) is 4.40. The van der Waals surface area contributed by atoms with E-state index >= 15 is 0 Å². The number of sulfonamides is 1. The van der Waals surface area contributed by atoms with E-state index < -0.39 is 10.0 Å². The second-order valence-electron chi connectivity index (χ2n) is 7.44. The van der Waals surface area contributed by atoms with Crippen molar-refractivity contribution < 1.29 is 8.42 Å². The molecule has 0 amide bonds. The molecule has 0 aliphatic carbocycles. The molecule has 2 heterocycles. The van der Waals surface area contributed by atoms with Crippen molar-refractivity contribution in [2.75, 3.05) is 13.1 Å². The van der Waals surface area contributed by atoms with E-state index in [0.29, 0.717) is 29.7 Å². The Kier molecular flexibility index (Phi) is 6.18. The molecule has 1 aliphatic rings. The summed E-state index contributed by atoms with van der Waals surface area (Å²) in [7, 11) is -1.92. The van der Waals surface area contributed by atoms with Crippen LogP contribution in [0.1, 0.15) is 17.0 Å². The van der Waals surface area contributed by atoms with Crippen molar-refractivity contribution in [3.8, 4) is 0 Å². The molecule has 30 heavy (non-hydrogen) atoms. The molecule has 1 aromatic heterocycles. The smallest absolute Gasteiger partial charge is 0.262 e. The molecule has 2 aromatic carbocycles. The lowest BCUT2D eigenvalue weighted by atomic mass is 9.94. The third-order valence-corrected chi connectivity index (χ3v) is 7.67. The molecule has 0 saturated carbocycles. The number of hydrogen-bond acceptors (Lipinski definition) is 4. The van der Waals surface area contributed by atoms with E-state index in [1.807, 2.05) is 36.4 Å². The van der Waals surface area contributed by atoms with Gasteiger partial charge in [0.05, 0.1) is 6.33 Å². The Bertz CT molecular complexity index is 1130. The number of nitrogens with zero attached hydrogens (tertiary/aromatic N) is 3. The van der Waals surface area contributed by atoms with Gasteiger partial charge in [0.1, 0.15) is 0 Å². The molecule has 4 rings (SSSR count).